The van der Waals surface area contributed by atoms with E-state index in [9.17, 15) is 19.7 Å². The summed E-state index contributed by atoms with van der Waals surface area (Å²) in [6.45, 7) is 2.69. The summed E-state index contributed by atoms with van der Waals surface area (Å²) in [7, 11) is 0. The average molecular weight is 469 g/mol. The predicted molar refractivity (Wildman–Crippen MR) is 120 cm³/mol. The maximum atomic E-state index is 12.5. The van der Waals surface area contributed by atoms with Gasteiger partial charge in [-0.2, -0.15) is 4.99 Å². The molecule has 2 aromatic carbocycles. The summed E-state index contributed by atoms with van der Waals surface area (Å²) in [5.74, 6) is 0.145. The Morgan fingerprint density at radius 3 is 2.58 bits per heavy atom. The van der Waals surface area contributed by atoms with E-state index in [-0.39, 0.29) is 18.8 Å². The van der Waals surface area contributed by atoms with Gasteiger partial charge in [-0.05, 0) is 30.7 Å². The van der Waals surface area contributed by atoms with Crippen LogP contribution in [0.5, 0.6) is 11.5 Å². The molecule has 0 unspecified atom stereocenters. The van der Waals surface area contributed by atoms with E-state index in [1.54, 1.807) is 23.6 Å². The largest absolute Gasteiger partial charge is 0.486 e. The first kappa shape index (κ1) is 22.2. The number of thiazole rings is 1. The lowest BCUT2D eigenvalue weighted by Gasteiger charge is -2.18. The summed E-state index contributed by atoms with van der Waals surface area (Å²) in [5.41, 5.74) is 1.24. The molecule has 0 radical (unpaired) electrons. The first-order valence-electron chi connectivity index (χ1n) is 10.0. The molecular weight excluding hydrogens is 450 g/mol. The van der Waals surface area contributed by atoms with Gasteiger partial charge in [0.05, 0.1) is 21.7 Å². The smallest absolute Gasteiger partial charge is 0.326 e. The Balaban J connectivity index is 1.68. The second kappa shape index (κ2) is 9.65. The second-order valence-corrected chi connectivity index (χ2v) is 7.88. The molecule has 33 heavy (non-hydrogen) atoms. The Bertz CT molecular complexity index is 1320. The zero-order valence-corrected chi connectivity index (χ0v) is 18.4. The van der Waals surface area contributed by atoms with Gasteiger partial charge in [-0.15, -0.1) is 0 Å². The van der Waals surface area contributed by atoms with Crippen LogP contribution < -0.4 is 14.3 Å². The Morgan fingerprint density at radius 2 is 1.91 bits per heavy atom. The minimum Gasteiger partial charge on any atom is -0.486 e. The van der Waals surface area contributed by atoms with Gasteiger partial charge in [-0.25, -0.2) is 0 Å². The fraction of sp³-hybridized carbons (Fsp3) is 0.227. The van der Waals surface area contributed by atoms with Crippen LogP contribution in [-0.4, -0.2) is 41.2 Å². The number of nitrogens with zero attached hydrogens (tertiary/aromatic N) is 3. The van der Waals surface area contributed by atoms with E-state index >= 15 is 0 Å². The van der Waals surface area contributed by atoms with E-state index in [0.717, 1.165) is 4.70 Å². The molecule has 1 aromatic heterocycles. The second-order valence-electron chi connectivity index (χ2n) is 6.87. The highest BCUT2D eigenvalue weighted by Crippen LogP contribution is 2.35. The molecular formula is C22H19N3O7S. The number of aromatic nitrogens is 1. The molecule has 1 aliphatic rings. The van der Waals surface area contributed by atoms with Gasteiger partial charge in [-0.3, -0.25) is 19.7 Å². The number of fused-ring (bicyclic) bond motifs is 2. The summed E-state index contributed by atoms with van der Waals surface area (Å²) in [6, 6.07) is 9.33. The van der Waals surface area contributed by atoms with Crippen molar-refractivity contribution in [1.82, 2.24) is 4.57 Å². The van der Waals surface area contributed by atoms with Crippen molar-refractivity contribution in [3.05, 3.63) is 63.0 Å². The monoisotopic (exact) mass is 469 g/mol. The molecule has 11 heteroatoms. The number of esters is 1. The van der Waals surface area contributed by atoms with Crippen molar-refractivity contribution < 1.29 is 28.7 Å². The van der Waals surface area contributed by atoms with E-state index < -0.39 is 16.8 Å². The Labute approximate surface area is 191 Å². The highest BCUT2D eigenvalue weighted by Gasteiger charge is 2.18. The molecule has 0 aliphatic carbocycles. The van der Waals surface area contributed by atoms with E-state index in [4.69, 9.17) is 14.2 Å². The fourth-order valence-corrected chi connectivity index (χ4v) is 4.23. The molecule has 10 nitrogen and oxygen atoms in total. The van der Waals surface area contributed by atoms with Crippen LogP contribution in [0.2, 0.25) is 0 Å². The van der Waals surface area contributed by atoms with Gasteiger partial charge in [0.25, 0.3) is 11.6 Å². The number of non-ortho nitro benzene ring substituents is 1. The fourth-order valence-electron chi connectivity index (χ4n) is 3.19. The van der Waals surface area contributed by atoms with Gasteiger partial charge < -0.3 is 18.8 Å². The van der Waals surface area contributed by atoms with Crippen LogP contribution in [0.3, 0.4) is 0 Å². The zero-order chi connectivity index (χ0) is 23.4. The standard InChI is InChI=1S/C22H19N3O7S/c1-2-30-21(27)13-24-16-11-17-18(32-10-9-31-17)12-19(16)33-22(24)23-20(26)8-5-14-3-6-15(7-4-14)25(28)29/h3-8,11-12H,2,9-10,13H2,1H3/b8-5-,23-22?. The van der Waals surface area contributed by atoms with E-state index in [1.807, 2.05) is 0 Å². The molecule has 170 valence electrons. The van der Waals surface area contributed by atoms with Gasteiger partial charge in [-0.1, -0.05) is 11.3 Å². The molecule has 0 spiro atoms. The molecule has 1 amide bonds. The number of hydrogen-bond donors (Lipinski definition) is 0. The Kier molecular flexibility index (Phi) is 6.50. The van der Waals surface area contributed by atoms with Gasteiger partial charge in [0, 0.05) is 30.3 Å². The van der Waals surface area contributed by atoms with Crippen LogP contribution in [0.15, 0.2) is 47.5 Å². The molecule has 0 atom stereocenters. The lowest BCUT2D eigenvalue weighted by atomic mass is 10.2. The lowest BCUT2D eigenvalue weighted by molar-refractivity contribution is -0.384. The maximum Gasteiger partial charge on any atom is 0.326 e. The number of hydrogen-bond acceptors (Lipinski definition) is 8. The van der Waals surface area contributed by atoms with E-state index in [1.165, 1.54) is 47.8 Å². The molecule has 0 saturated carbocycles. The number of benzene rings is 2. The van der Waals surface area contributed by atoms with Crippen molar-refractivity contribution in [2.75, 3.05) is 19.8 Å². The van der Waals surface area contributed by atoms with Crippen LogP contribution in [0.25, 0.3) is 16.3 Å². The van der Waals surface area contributed by atoms with Gasteiger partial charge in [0.2, 0.25) is 0 Å². The molecule has 0 fully saturated rings. The number of nitro groups is 1. The van der Waals surface area contributed by atoms with Gasteiger partial charge in [0.1, 0.15) is 19.8 Å². The number of carbonyl (C=O) groups is 2. The van der Waals surface area contributed by atoms with Crippen LogP contribution in [0.1, 0.15) is 12.5 Å². The highest BCUT2D eigenvalue weighted by atomic mass is 32.1. The van der Waals surface area contributed by atoms with Crippen molar-refractivity contribution in [2.24, 2.45) is 4.99 Å². The minimum atomic E-state index is -0.546. The summed E-state index contributed by atoms with van der Waals surface area (Å²) in [4.78, 5) is 39.4. The molecule has 0 bridgehead atoms. The molecule has 0 saturated heterocycles. The zero-order valence-electron chi connectivity index (χ0n) is 17.6. The molecule has 3 aromatic rings. The van der Waals surface area contributed by atoms with Crippen molar-refractivity contribution in [3.63, 3.8) is 0 Å². The number of ether oxygens (including phenoxy) is 3. The molecule has 0 N–H and O–H groups in total. The van der Waals surface area contributed by atoms with Crippen molar-refractivity contribution >= 4 is 45.2 Å². The number of nitro benzene ring substituents is 1. The van der Waals surface area contributed by atoms with Crippen molar-refractivity contribution in [1.29, 1.82) is 0 Å². The third-order valence-electron chi connectivity index (χ3n) is 4.67. The molecule has 2 heterocycles. The summed E-state index contributed by atoms with van der Waals surface area (Å²) in [6.07, 6.45) is 2.77. The number of rotatable bonds is 6. The van der Waals surface area contributed by atoms with Crippen molar-refractivity contribution in [3.8, 4) is 11.5 Å². The lowest BCUT2D eigenvalue weighted by Crippen LogP contribution is -2.23. The quantitative estimate of drug-likeness (QED) is 0.235. The van der Waals surface area contributed by atoms with Crippen LogP contribution in [0, 0.1) is 10.1 Å². The van der Waals surface area contributed by atoms with Crippen LogP contribution in [0.4, 0.5) is 5.69 Å². The van der Waals surface area contributed by atoms with Crippen LogP contribution in [-0.2, 0) is 20.9 Å². The minimum absolute atomic E-state index is 0.0379. The first-order chi connectivity index (χ1) is 15.9. The average Bonchev–Trinajstić information content (AvgIpc) is 3.12. The molecule has 1 aliphatic heterocycles. The SMILES string of the molecule is CCOC(=O)Cn1c(=NC(=O)/C=C\c2ccc([N+](=O)[O-])cc2)sc2cc3c(cc21)OCCO3. The summed E-state index contributed by atoms with van der Waals surface area (Å²) >= 11 is 1.24. The Morgan fingerprint density at radius 1 is 1.21 bits per heavy atom. The van der Waals surface area contributed by atoms with Crippen LogP contribution >= 0.6 is 11.3 Å². The normalized spacial score (nSPS) is 13.4. The molecule has 4 rings (SSSR count). The van der Waals surface area contributed by atoms with E-state index in [0.29, 0.717) is 40.6 Å². The summed E-state index contributed by atoms with van der Waals surface area (Å²) < 4.78 is 18.7. The maximum absolute atomic E-state index is 12.5. The highest BCUT2D eigenvalue weighted by molar-refractivity contribution is 7.16. The van der Waals surface area contributed by atoms with Gasteiger partial charge >= 0.3 is 5.97 Å². The first-order valence-corrected chi connectivity index (χ1v) is 10.9. The van der Waals surface area contributed by atoms with E-state index in [2.05, 4.69) is 4.99 Å². The number of carbonyl (C=O) groups excluding carboxylic acids is 2. The predicted octanol–water partition coefficient (Wildman–Crippen LogP) is 3.09. The topological polar surface area (TPSA) is 122 Å². The third-order valence-corrected chi connectivity index (χ3v) is 5.71. The van der Waals surface area contributed by atoms with Crippen molar-refractivity contribution in [2.45, 2.75) is 13.5 Å². The number of amides is 1. The third kappa shape index (κ3) is 5.09. The summed E-state index contributed by atoms with van der Waals surface area (Å²) in [5, 5.41) is 10.8. The Hall–Kier alpha value is -3.99. The van der Waals surface area contributed by atoms with Gasteiger partial charge in [0.15, 0.2) is 16.3 Å².